The Bertz CT molecular complexity index is 265. The van der Waals surface area contributed by atoms with Gasteiger partial charge in [-0.1, -0.05) is 19.1 Å². The highest BCUT2D eigenvalue weighted by atomic mass is 127. The van der Waals surface area contributed by atoms with Gasteiger partial charge in [-0.2, -0.15) is 0 Å². The Labute approximate surface area is 92.6 Å². The summed E-state index contributed by atoms with van der Waals surface area (Å²) >= 11 is 2.26. The molecule has 1 unspecified atom stereocenters. The highest BCUT2D eigenvalue weighted by Crippen LogP contribution is 2.19. The molecule has 13 heavy (non-hydrogen) atoms. The zero-order chi connectivity index (χ0) is 9.68. The summed E-state index contributed by atoms with van der Waals surface area (Å²) in [7, 11) is 0. The molecule has 0 saturated carbocycles. The first-order valence-electron chi connectivity index (χ1n) is 4.31. The summed E-state index contributed by atoms with van der Waals surface area (Å²) < 4.78 is 6.74. The molecule has 0 aliphatic rings. The van der Waals surface area contributed by atoms with Crippen molar-refractivity contribution in [3.05, 3.63) is 27.8 Å². The van der Waals surface area contributed by atoms with Crippen LogP contribution in [0.1, 0.15) is 6.92 Å². The van der Waals surface area contributed by atoms with Gasteiger partial charge in [0, 0.05) is 5.92 Å². The van der Waals surface area contributed by atoms with E-state index in [1.807, 2.05) is 24.3 Å². The van der Waals surface area contributed by atoms with Gasteiger partial charge in [-0.3, -0.25) is 0 Å². The highest BCUT2D eigenvalue weighted by molar-refractivity contribution is 14.1. The van der Waals surface area contributed by atoms with Crippen LogP contribution < -0.4 is 10.5 Å². The lowest BCUT2D eigenvalue weighted by molar-refractivity contribution is 0.262. The predicted octanol–water partition coefficient (Wildman–Crippen LogP) is 2.26. The molecule has 1 aromatic rings. The fraction of sp³-hybridized carbons (Fsp3) is 0.400. The third-order valence-electron chi connectivity index (χ3n) is 1.76. The van der Waals surface area contributed by atoms with Crippen molar-refractivity contribution in [1.29, 1.82) is 0 Å². The van der Waals surface area contributed by atoms with Crippen LogP contribution in [0, 0.1) is 9.49 Å². The Morgan fingerprint density at radius 3 is 2.77 bits per heavy atom. The molecule has 0 heterocycles. The van der Waals surface area contributed by atoms with Gasteiger partial charge in [0.1, 0.15) is 5.75 Å². The maximum Gasteiger partial charge on any atom is 0.132 e. The molecule has 0 amide bonds. The van der Waals surface area contributed by atoms with Crippen LogP contribution in [0.2, 0.25) is 0 Å². The van der Waals surface area contributed by atoms with Gasteiger partial charge < -0.3 is 10.5 Å². The smallest absolute Gasteiger partial charge is 0.132 e. The topological polar surface area (TPSA) is 35.2 Å². The van der Waals surface area contributed by atoms with Gasteiger partial charge in [-0.25, -0.2) is 0 Å². The molecule has 72 valence electrons. The summed E-state index contributed by atoms with van der Waals surface area (Å²) in [5.41, 5.74) is 5.49. The first kappa shape index (κ1) is 10.8. The predicted molar refractivity (Wildman–Crippen MR) is 62.9 cm³/mol. The van der Waals surface area contributed by atoms with Crippen molar-refractivity contribution < 1.29 is 4.74 Å². The number of nitrogens with two attached hydrogens (primary N) is 1. The van der Waals surface area contributed by atoms with Crippen molar-refractivity contribution in [2.24, 2.45) is 11.7 Å². The van der Waals surface area contributed by atoms with Crippen LogP contribution in [0.15, 0.2) is 24.3 Å². The van der Waals surface area contributed by atoms with Crippen molar-refractivity contribution in [2.45, 2.75) is 6.92 Å². The number of hydrogen-bond donors (Lipinski definition) is 1. The number of ether oxygens (including phenoxy) is 1. The molecular weight excluding hydrogens is 277 g/mol. The second kappa shape index (κ2) is 5.44. The molecular formula is C10H14INO. The van der Waals surface area contributed by atoms with E-state index in [1.54, 1.807) is 0 Å². The van der Waals surface area contributed by atoms with E-state index < -0.39 is 0 Å². The lowest BCUT2D eigenvalue weighted by Crippen LogP contribution is -2.18. The van der Waals surface area contributed by atoms with Gasteiger partial charge in [0.2, 0.25) is 0 Å². The Hall–Kier alpha value is -0.290. The number of halogens is 1. The average molecular weight is 291 g/mol. The minimum absolute atomic E-state index is 0.413. The van der Waals surface area contributed by atoms with E-state index in [4.69, 9.17) is 10.5 Å². The zero-order valence-electron chi connectivity index (χ0n) is 7.66. The third-order valence-corrected chi connectivity index (χ3v) is 2.65. The lowest BCUT2D eigenvalue weighted by atomic mass is 10.2. The first-order valence-corrected chi connectivity index (χ1v) is 5.39. The van der Waals surface area contributed by atoms with Crippen molar-refractivity contribution in [3.63, 3.8) is 0 Å². The summed E-state index contributed by atoms with van der Waals surface area (Å²) in [4.78, 5) is 0. The van der Waals surface area contributed by atoms with Crippen LogP contribution >= 0.6 is 22.6 Å². The number of benzene rings is 1. The van der Waals surface area contributed by atoms with E-state index in [-0.39, 0.29) is 0 Å². The molecule has 0 aliphatic heterocycles. The number of hydrogen-bond acceptors (Lipinski definition) is 2. The fourth-order valence-corrected chi connectivity index (χ4v) is 1.40. The van der Waals surface area contributed by atoms with Crippen LogP contribution in [-0.2, 0) is 0 Å². The number of para-hydroxylation sites is 1. The molecule has 1 rings (SSSR count). The van der Waals surface area contributed by atoms with Crippen LogP contribution in [0.25, 0.3) is 0 Å². The molecule has 0 fully saturated rings. The van der Waals surface area contributed by atoms with E-state index in [1.165, 1.54) is 0 Å². The maximum absolute atomic E-state index is 5.60. The van der Waals surface area contributed by atoms with Gasteiger partial charge in [-0.15, -0.1) is 0 Å². The molecule has 0 radical (unpaired) electrons. The standard InChI is InChI=1S/C10H14INO/c1-8(6-12)7-13-10-5-3-2-4-9(10)11/h2-5,8H,6-7,12H2,1H3. The first-order chi connectivity index (χ1) is 6.24. The monoisotopic (exact) mass is 291 g/mol. The summed E-state index contributed by atoms with van der Waals surface area (Å²) in [5.74, 6) is 1.36. The van der Waals surface area contributed by atoms with Gasteiger partial charge >= 0.3 is 0 Å². The van der Waals surface area contributed by atoms with Gasteiger partial charge in [-0.05, 0) is 41.3 Å². The lowest BCUT2D eigenvalue weighted by Gasteiger charge is -2.11. The minimum atomic E-state index is 0.413. The summed E-state index contributed by atoms with van der Waals surface area (Å²) in [6, 6.07) is 7.99. The van der Waals surface area contributed by atoms with Gasteiger partial charge in [0.05, 0.1) is 10.2 Å². The van der Waals surface area contributed by atoms with Crippen LogP contribution in [0.4, 0.5) is 0 Å². The largest absolute Gasteiger partial charge is 0.492 e. The Morgan fingerprint density at radius 2 is 2.15 bits per heavy atom. The summed E-state index contributed by atoms with van der Waals surface area (Å²) in [5, 5.41) is 0. The molecule has 0 spiro atoms. The molecule has 3 heteroatoms. The molecule has 0 saturated heterocycles. The fourth-order valence-electron chi connectivity index (χ4n) is 0.862. The van der Waals surface area contributed by atoms with Crippen molar-refractivity contribution in [3.8, 4) is 5.75 Å². The molecule has 1 aromatic carbocycles. The third kappa shape index (κ3) is 3.52. The average Bonchev–Trinajstić information content (AvgIpc) is 2.16. The Morgan fingerprint density at radius 1 is 1.46 bits per heavy atom. The normalized spacial score (nSPS) is 12.5. The van der Waals surface area contributed by atoms with Crippen LogP contribution in [0.5, 0.6) is 5.75 Å². The zero-order valence-corrected chi connectivity index (χ0v) is 9.82. The molecule has 1 atom stereocenters. The molecule has 0 aromatic heterocycles. The second-order valence-electron chi connectivity index (χ2n) is 3.08. The van der Waals surface area contributed by atoms with Crippen molar-refractivity contribution in [1.82, 2.24) is 0 Å². The molecule has 0 aliphatic carbocycles. The van der Waals surface area contributed by atoms with E-state index in [9.17, 15) is 0 Å². The maximum atomic E-state index is 5.60. The van der Waals surface area contributed by atoms with Gasteiger partial charge in [0.15, 0.2) is 0 Å². The van der Waals surface area contributed by atoms with E-state index >= 15 is 0 Å². The number of rotatable bonds is 4. The van der Waals surface area contributed by atoms with E-state index in [2.05, 4.69) is 29.5 Å². The molecule has 2 nitrogen and oxygen atoms in total. The highest BCUT2D eigenvalue weighted by Gasteiger charge is 2.02. The van der Waals surface area contributed by atoms with Crippen LogP contribution in [-0.4, -0.2) is 13.2 Å². The second-order valence-corrected chi connectivity index (χ2v) is 4.24. The molecule has 2 N–H and O–H groups in total. The summed E-state index contributed by atoms with van der Waals surface area (Å²) in [6.45, 7) is 3.44. The van der Waals surface area contributed by atoms with Gasteiger partial charge in [0.25, 0.3) is 0 Å². The van der Waals surface area contributed by atoms with E-state index in [0.717, 1.165) is 9.32 Å². The molecule has 0 bridgehead atoms. The SMILES string of the molecule is CC(CN)COc1ccccc1I. The Kier molecular flexibility index (Phi) is 4.52. The quantitative estimate of drug-likeness (QED) is 0.864. The summed E-state index contributed by atoms with van der Waals surface area (Å²) in [6.07, 6.45) is 0. The van der Waals surface area contributed by atoms with Crippen molar-refractivity contribution >= 4 is 22.6 Å². The minimum Gasteiger partial charge on any atom is -0.492 e. The van der Waals surface area contributed by atoms with Crippen LogP contribution in [0.3, 0.4) is 0 Å². The van der Waals surface area contributed by atoms with Crippen molar-refractivity contribution in [2.75, 3.05) is 13.2 Å². The Balaban J connectivity index is 2.50. The van der Waals surface area contributed by atoms with E-state index in [0.29, 0.717) is 19.1 Å².